The van der Waals surface area contributed by atoms with Gasteiger partial charge in [-0.15, -0.1) is 0 Å². The molecule has 4 rings (SSSR count). The summed E-state index contributed by atoms with van der Waals surface area (Å²) in [6.45, 7) is 5.30. The highest BCUT2D eigenvalue weighted by Gasteiger charge is 2.21. The number of nitrogens with zero attached hydrogens (tertiary/aromatic N) is 2. The molecule has 0 spiro atoms. The monoisotopic (exact) mass is 471 g/mol. The van der Waals surface area contributed by atoms with Gasteiger partial charge >= 0.3 is 0 Å². The van der Waals surface area contributed by atoms with Crippen molar-refractivity contribution in [2.24, 2.45) is 5.92 Å². The number of rotatable bonds is 8. The first-order valence-electron chi connectivity index (χ1n) is 11.2. The van der Waals surface area contributed by atoms with E-state index in [0.717, 1.165) is 61.1 Å². The third-order valence-corrected chi connectivity index (χ3v) is 6.67. The SMILES string of the molecule is Cc1ccc2c(OCCN3CCC(Cc4cc(NS(C)(=O)=O)ccc4F)CC3)cccc2n1. The lowest BCUT2D eigenvalue weighted by Gasteiger charge is -2.32. The summed E-state index contributed by atoms with van der Waals surface area (Å²) in [5.41, 5.74) is 2.89. The van der Waals surface area contributed by atoms with Gasteiger partial charge in [0.2, 0.25) is 10.0 Å². The van der Waals surface area contributed by atoms with Gasteiger partial charge in [0.25, 0.3) is 0 Å². The molecule has 2 heterocycles. The van der Waals surface area contributed by atoms with Crippen molar-refractivity contribution < 1.29 is 17.5 Å². The molecule has 1 fully saturated rings. The van der Waals surface area contributed by atoms with Crippen molar-refractivity contribution >= 4 is 26.6 Å². The van der Waals surface area contributed by atoms with E-state index in [1.807, 2.05) is 31.2 Å². The predicted molar refractivity (Wildman–Crippen MR) is 130 cm³/mol. The van der Waals surface area contributed by atoms with E-state index in [1.165, 1.54) is 12.1 Å². The summed E-state index contributed by atoms with van der Waals surface area (Å²) in [5.74, 6) is 0.940. The van der Waals surface area contributed by atoms with Crippen molar-refractivity contribution in [1.29, 1.82) is 0 Å². The van der Waals surface area contributed by atoms with Crippen LogP contribution in [0.15, 0.2) is 48.5 Å². The van der Waals surface area contributed by atoms with Crippen molar-refractivity contribution in [3.8, 4) is 5.75 Å². The summed E-state index contributed by atoms with van der Waals surface area (Å²) in [6.07, 6.45) is 3.65. The number of halogens is 1. The third kappa shape index (κ3) is 6.42. The van der Waals surface area contributed by atoms with Crippen LogP contribution in [0, 0.1) is 18.7 Å². The van der Waals surface area contributed by atoms with Gasteiger partial charge in [0.15, 0.2) is 0 Å². The molecule has 1 saturated heterocycles. The minimum Gasteiger partial charge on any atom is -0.492 e. The Bertz CT molecular complexity index is 1220. The molecule has 1 aliphatic heterocycles. The largest absolute Gasteiger partial charge is 0.492 e. The molecule has 0 atom stereocenters. The lowest BCUT2D eigenvalue weighted by molar-refractivity contribution is 0.155. The molecule has 0 saturated carbocycles. The van der Waals surface area contributed by atoms with Crippen LogP contribution in [0.2, 0.25) is 0 Å². The number of nitrogens with one attached hydrogen (secondary N) is 1. The summed E-state index contributed by atoms with van der Waals surface area (Å²) >= 11 is 0. The van der Waals surface area contributed by atoms with Crippen molar-refractivity contribution in [2.45, 2.75) is 26.2 Å². The van der Waals surface area contributed by atoms with E-state index in [-0.39, 0.29) is 5.82 Å². The molecule has 0 aliphatic carbocycles. The summed E-state index contributed by atoms with van der Waals surface area (Å²) in [7, 11) is -3.38. The standard InChI is InChI=1S/C25H30FN3O3S/c1-18-6-8-22-24(27-18)4-3-5-25(22)32-15-14-29-12-10-19(11-13-29)16-20-17-21(7-9-23(20)26)28-33(2,30)31/h3-9,17,19,28H,10-16H2,1-2H3. The quantitative estimate of drug-likeness (QED) is 0.528. The first-order chi connectivity index (χ1) is 15.8. The molecule has 3 aromatic rings. The molecule has 0 bridgehead atoms. The molecule has 0 unspecified atom stereocenters. The molecule has 1 aliphatic rings. The second-order valence-electron chi connectivity index (χ2n) is 8.79. The fourth-order valence-electron chi connectivity index (χ4n) is 4.37. The molecular formula is C25H30FN3O3S. The normalized spacial score (nSPS) is 15.6. The number of likely N-dealkylation sites (tertiary alicyclic amines) is 1. The van der Waals surface area contributed by atoms with Gasteiger partial charge in [-0.3, -0.25) is 14.6 Å². The number of hydrogen-bond acceptors (Lipinski definition) is 5. The first-order valence-corrected chi connectivity index (χ1v) is 13.1. The summed E-state index contributed by atoms with van der Waals surface area (Å²) in [6, 6.07) is 14.4. The Balaban J connectivity index is 1.27. The molecule has 0 radical (unpaired) electrons. The Morgan fingerprint density at radius 2 is 1.94 bits per heavy atom. The van der Waals surface area contributed by atoms with E-state index in [0.29, 0.717) is 30.2 Å². The molecule has 0 amide bonds. The van der Waals surface area contributed by atoms with Crippen molar-refractivity contribution in [1.82, 2.24) is 9.88 Å². The maximum Gasteiger partial charge on any atom is 0.229 e. The smallest absolute Gasteiger partial charge is 0.229 e. The van der Waals surface area contributed by atoms with Crippen molar-refractivity contribution in [3.05, 3.63) is 65.6 Å². The number of anilines is 1. The summed E-state index contributed by atoms with van der Waals surface area (Å²) in [5, 5.41) is 1.02. The number of aromatic nitrogens is 1. The highest BCUT2D eigenvalue weighted by atomic mass is 32.2. The molecule has 33 heavy (non-hydrogen) atoms. The van der Waals surface area contributed by atoms with Gasteiger partial charge < -0.3 is 4.74 Å². The van der Waals surface area contributed by atoms with Crippen molar-refractivity contribution in [3.63, 3.8) is 0 Å². The Kier molecular flexibility index (Phi) is 7.14. The van der Waals surface area contributed by atoms with Crippen LogP contribution in [0.5, 0.6) is 5.75 Å². The zero-order valence-corrected chi connectivity index (χ0v) is 19.9. The molecule has 176 valence electrons. The zero-order chi connectivity index (χ0) is 23.4. The van der Waals surface area contributed by atoms with Gasteiger partial charge in [0.05, 0.1) is 11.8 Å². The fourth-order valence-corrected chi connectivity index (χ4v) is 4.93. The van der Waals surface area contributed by atoms with Gasteiger partial charge in [-0.1, -0.05) is 6.07 Å². The van der Waals surface area contributed by atoms with Gasteiger partial charge in [-0.05, 0) is 93.2 Å². The number of pyridine rings is 1. The van der Waals surface area contributed by atoms with Gasteiger partial charge in [0, 0.05) is 23.3 Å². The first kappa shape index (κ1) is 23.4. The molecule has 1 aromatic heterocycles. The number of piperidine rings is 1. The van der Waals surface area contributed by atoms with E-state index in [9.17, 15) is 12.8 Å². The number of hydrogen-bond donors (Lipinski definition) is 1. The van der Waals surface area contributed by atoms with Crippen LogP contribution in [0.25, 0.3) is 10.9 Å². The average molecular weight is 472 g/mol. The van der Waals surface area contributed by atoms with Crippen LogP contribution in [0.4, 0.5) is 10.1 Å². The minimum atomic E-state index is -3.38. The van der Waals surface area contributed by atoms with E-state index < -0.39 is 10.0 Å². The van der Waals surface area contributed by atoms with Gasteiger partial charge in [0.1, 0.15) is 18.2 Å². The van der Waals surface area contributed by atoms with Crippen molar-refractivity contribution in [2.75, 3.05) is 37.2 Å². The topological polar surface area (TPSA) is 71.5 Å². The second kappa shape index (κ2) is 10.1. The maximum absolute atomic E-state index is 14.3. The molecule has 8 heteroatoms. The number of sulfonamides is 1. The number of aryl methyl sites for hydroxylation is 1. The van der Waals surface area contributed by atoms with E-state index in [4.69, 9.17) is 4.74 Å². The van der Waals surface area contributed by atoms with Crippen LogP contribution in [-0.4, -0.2) is 50.8 Å². The molecule has 6 nitrogen and oxygen atoms in total. The fraction of sp³-hybridized carbons (Fsp3) is 0.400. The maximum atomic E-state index is 14.3. The molecule has 1 N–H and O–H groups in total. The molecule has 2 aromatic carbocycles. The van der Waals surface area contributed by atoms with E-state index >= 15 is 0 Å². The Morgan fingerprint density at radius 1 is 1.15 bits per heavy atom. The van der Waals surface area contributed by atoms with E-state index in [1.54, 1.807) is 6.07 Å². The number of fused-ring (bicyclic) bond motifs is 1. The third-order valence-electron chi connectivity index (χ3n) is 6.06. The number of benzene rings is 2. The average Bonchev–Trinajstić information content (AvgIpc) is 2.76. The highest BCUT2D eigenvalue weighted by molar-refractivity contribution is 7.92. The number of ether oxygens (including phenoxy) is 1. The zero-order valence-electron chi connectivity index (χ0n) is 19.1. The van der Waals surface area contributed by atoms with Crippen LogP contribution in [0.1, 0.15) is 24.1 Å². The molecular weight excluding hydrogens is 441 g/mol. The summed E-state index contributed by atoms with van der Waals surface area (Å²) in [4.78, 5) is 6.93. The predicted octanol–water partition coefficient (Wildman–Crippen LogP) is 4.39. The van der Waals surface area contributed by atoms with Crippen LogP contribution >= 0.6 is 0 Å². The van der Waals surface area contributed by atoms with E-state index in [2.05, 4.69) is 20.7 Å². The van der Waals surface area contributed by atoms with Gasteiger partial charge in [-0.2, -0.15) is 0 Å². The highest BCUT2D eigenvalue weighted by Crippen LogP contribution is 2.26. The lowest BCUT2D eigenvalue weighted by atomic mass is 9.90. The van der Waals surface area contributed by atoms with Crippen LogP contribution < -0.4 is 9.46 Å². The Hall–Kier alpha value is -2.71. The van der Waals surface area contributed by atoms with Crippen LogP contribution in [-0.2, 0) is 16.4 Å². The summed E-state index contributed by atoms with van der Waals surface area (Å²) < 4.78 is 45.7. The lowest BCUT2D eigenvalue weighted by Crippen LogP contribution is -2.37. The minimum absolute atomic E-state index is 0.287. The van der Waals surface area contributed by atoms with Crippen LogP contribution in [0.3, 0.4) is 0 Å². The Labute approximate surface area is 194 Å². The van der Waals surface area contributed by atoms with Gasteiger partial charge in [-0.25, -0.2) is 12.8 Å². The second-order valence-corrected chi connectivity index (χ2v) is 10.5. The Morgan fingerprint density at radius 3 is 2.70 bits per heavy atom.